The largest absolute Gasteiger partial charge is 0.296 e. The van der Waals surface area contributed by atoms with Crippen LogP contribution in [0, 0.1) is 13.8 Å². The molecular formula is C16H26N2O2S. The first-order valence-corrected chi connectivity index (χ1v) is 8.89. The monoisotopic (exact) mass is 310 g/mol. The van der Waals surface area contributed by atoms with Crippen molar-refractivity contribution < 1.29 is 8.42 Å². The second-order valence-electron chi connectivity index (χ2n) is 6.81. The molecule has 1 aliphatic heterocycles. The summed E-state index contributed by atoms with van der Waals surface area (Å²) in [7, 11) is -3.36. The molecule has 118 valence electrons. The van der Waals surface area contributed by atoms with Crippen LogP contribution in [0.1, 0.15) is 31.9 Å². The normalized spacial score (nSPS) is 18.9. The van der Waals surface area contributed by atoms with Crippen LogP contribution in [0.3, 0.4) is 0 Å². The van der Waals surface area contributed by atoms with Gasteiger partial charge >= 0.3 is 0 Å². The highest BCUT2D eigenvalue weighted by Gasteiger charge is 2.32. The molecule has 1 aliphatic rings. The Morgan fingerprint density at radius 1 is 0.952 bits per heavy atom. The van der Waals surface area contributed by atoms with Crippen LogP contribution in [-0.4, -0.2) is 49.3 Å². The van der Waals surface area contributed by atoms with Gasteiger partial charge < -0.3 is 0 Å². The zero-order chi connectivity index (χ0) is 15.8. The van der Waals surface area contributed by atoms with Crippen molar-refractivity contribution in [3.05, 3.63) is 29.3 Å². The molecule has 5 heteroatoms. The molecule has 2 rings (SSSR count). The second-order valence-corrected chi connectivity index (χ2v) is 8.75. The molecule has 0 N–H and O–H groups in total. The number of hydrogen-bond donors (Lipinski definition) is 0. The summed E-state index contributed by atoms with van der Waals surface area (Å²) in [5.74, 6) is 0. The molecule has 0 radical (unpaired) electrons. The number of nitrogens with zero attached hydrogens (tertiary/aromatic N) is 2. The Morgan fingerprint density at radius 2 is 1.52 bits per heavy atom. The summed E-state index contributed by atoms with van der Waals surface area (Å²) < 4.78 is 27.0. The molecule has 0 spiro atoms. The molecule has 1 fully saturated rings. The van der Waals surface area contributed by atoms with Crippen molar-refractivity contribution in [3.8, 4) is 0 Å². The smallest absolute Gasteiger partial charge is 0.243 e. The van der Waals surface area contributed by atoms with E-state index in [4.69, 9.17) is 0 Å². The molecule has 4 nitrogen and oxygen atoms in total. The Bertz CT molecular complexity index is 610. The first-order chi connectivity index (χ1) is 9.62. The van der Waals surface area contributed by atoms with Gasteiger partial charge in [-0.05, 0) is 57.9 Å². The fourth-order valence-corrected chi connectivity index (χ4v) is 4.13. The maximum absolute atomic E-state index is 12.7. The number of sulfonamides is 1. The van der Waals surface area contributed by atoms with Crippen molar-refractivity contribution in [1.29, 1.82) is 0 Å². The van der Waals surface area contributed by atoms with Gasteiger partial charge in [-0.25, -0.2) is 8.42 Å². The Labute approximate surface area is 128 Å². The minimum atomic E-state index is -3.36. The van der Waals surface area contributed by atoms with E-state index in [1.807, 2.05) is 19.9 Å². The van der Waals surface area contributed by atoms with Gasteiger partial charge in [0.25, 0.3) is 0 Å². The third-order valence-corrected chi connectivity index (χ3v) is 6.20. The summed E-state index contributed by atoms with van der Waals surface area (Å²) in [4.78, 5) is 2.74. The Morgan fingerprint density at radius 3 is 2.00 bits per heavy atom. The summed E-state index contributed by atoms with van der Waals surface area (Å²) in [6.07, 6.45) is 0. The van der Waals surface area contributed by atoms with Gasteiger partial charge in [-0.3, -0.25) is 4.90 Å². The van der Waals surface area contributed by atoms with Crippen LogP contribution in [0.15, 0.2) is 23.1 Å². The quantitative estimate of drug-likeness (QED) is 0.842. The van der Waals surface area contributed by atoms with Crippen LogP contribution in [0.25, 0.3) is 0 Å². The third kappa shape index (κ3) is 3.47. The molecule has 0 atom stereocenters. The summed E-state index contributed by atoms with van der Waals surface area (Å²) in [5, 5.41) is 0. The van der Waals surface area contributed by atoms with Crippen LogP contribution in [0.5, 0.6) is 0 Å². The number of hydrogen-bond acceptors (Lipinski definition) is 3. The summed E-state index contributed by atoms with van der Waals surface area (Å²) in [5.41, 5.74) is 2.23. The molecule has 1 heterocycles. The molecule has 21 heavy (non-hydrogen) atoms. The lowest BCUT2D eigenvalue weighted by Gasteiger charge is -2.41. The Kier molecular flexibility index (Phi) is 4.47. The van der Waals surface area contributed by atoms with Crippen LogP contribution in [0.2, 0.25) is 0 Å². The fourth-order valence-electron chi connectivity index (χ4n) is 2.62. The maximum Gasteiger partial charge on any atom is 0.243 e. The van der Waals surface area contributed by atoms with E-state index in [0.29, 0.717) is 18.0 Å². The average Bonchev–Trinajstić information content (AvgIpc) is 2.41. The molecule has 1 aromatic carbocycles. The molecule has 0 saturated carbocycles. The standard InChI is InChI=1S/C16H26N2O2S/c1-13-6-7-15(12-14(13)2)21(19,20)18-10-8-17(9-11-18)16(3,4)5/h6-7,12H,8-11H2,1-5H3. The highest BCUT2D eigenvalue weighted by Crippen LogP contribution is 2.22. The molecule has 0 aliphatic carbocycles. The van der Waals surface area contributed by atoms with E-state index in [2.05, 4.69) is 25.7 Å². The Hall–Kier alpha value is -0.910. The van der Waals surface area contributed by atoms with Crippen molar-refractivity contribution >= 4 is 10.0 Å². The summed E-state index contributed by atoms with van der Waals surface area (Å²) in [6.45, 7) is 13.1. The van der Waals surface area contributed by atoms with E-state index < -0.39 is 10.0 Å². The fraction of sp³-hybridized carbons (Fsp3) is 0.625. The minimum Gasteiger partial charge on any atom is -0.296 e. The van der Waals surface area contributed by atoms with Gasteiger partial charge in [0.15, 0.2) is 0 Å². The van der Waals surface area contributed by atoms with Crippen molar-refractivity contribution in [1.82, 2.24) is 9.21 Å². The molecule has 0 bridgehead atoms. The van der Waals surface area contributed by atoms with E-state index in [0.717, 1.165) is 24.2 Å². The molecule has 0 amide bonds. The van der Waals surface area contributed by atoms with E-state index in [1.165, 1.54) is 0 Å². The first kappa shape index (κ1) is 16.5. The highest BCUT2D eigenvalue weighted by molar-refractivity contribution is 7.89. The average molecular weight is 310 g/mol. The van der Waals surface area contributed by atoms with Crippen LogP contribution in [-0.2, 0) is 10.0 Å². The van der Waals surface area contributed by atoms with Crippen molar-refractivity contribution in [2.24, 2.45) is 0 Å². The number of benzene rings is 1. The van der Waals surface area contributed by atoms with Crippen molar-refractivity contribution in [2.45, 2.75) is 45.1 Å². The lowest BCUT2D eigenvalue weighted by Crippen LogP contribution is -2.54. The van der Waals surface area contributed by atoms with Gasteiger partial charge in [0, 0.05) is 31.7 Å². The second kappa shape index (κ2) is 5.71. The van der Waals surface area contributed by atoms with Gasteiger partial charge in [-0.2, -0.15) is 4.31 Å². The van der Waals surface area contributed by atoms with Crippen LogP contribution < -0.4 is 0 Å². The van der Waals surface area contributed by atoms with Gasteiger partial charge in [0.2, 0.25) is 10.0 Å². The van der Waals surface area contributed by atoms with Crippen LogP contribution >= 0.6 is 0 Å². The van der Waals surface area contributed by atoms with Gasteiger partial charge in [-0.15, -0.1) is 0 Å². The molecule has 0 unspecified atom stereocenters. The van der Waals surface area contributed by atoms with Gasteiger partial charge in [0.05, 0.1) is 4.90 Å². The predicted octanol–water partition coefficient (Wildman–Crippen LogP) is 2.41. The van der Waals surface area contributed by atoms with E-state index in [9.17, 15) is 8.42 Å². The number of rotatable bonds is 2. The van der Waals surface area contributed by atoms with E-state index >= 15 is 0 Å². The topological polar surface area (TPSA) is 40.6 Å². The van der Waals surface area contributed by atoms with Crippen molar-refractivity contribution in [3.63, 3.8) is 0 Å². The lowest BCUT2D eigenvalue weighted by atomic mass is 10.1. The number of piperazine rings is 1. The first-order valence-electron chi connectivity index (χ1n) is 7.45. The SMILES string of the molecule is Cc1ccc(S(=O)(=O)N2CCN(C(C)(C)C)CC2)cc1C. The summed E-state index contributed by atoms with van der Waals surface area (Å²) >= 11 is 0. The maximum atomic E-state index is 12.7. The molecule has 0 aromatic heterocycles. The molecular weight excluding hydrogens is 284 g/mol. The van der Waals surface area contributed by atoms with Gasteiger partial charge in [0.1, 0.15) is 0 Å². The number of aryl methyl sites for hydroxylation is 2. The van der Waals surface area contributed by atoms with Crippen LogP contribution in [0.4, 0.5) is 0 Å². The molecule has 1 saturated heterocycles. The van der Waals surface area contributed by atoms with E-state index in [1.54, 1.807) is 16.4 Å². The highest BCUT2D eigenvalue weighted by atomic mass is 32.2. The summed E-state index contributed by atoms with van der Waals surface area (Å²) in [6, 6.07) is 5.38. The van der Waals surface area contributed by atoms with Crippen molar-refractivity contribution in [2.75, 3.05) is 26.2 Å². The minimum absolute atomic E-state index is 0.0936. The van der Waals surface area contributed by atoms with E-state index in [-0.39, 0.29) is 5.54 Å². The zero-order valence-electron chi connectivity index (χ0n) is 13.7. The lowest BCUT2D eigenvalue weighted by molar-refractivity contribution is 0.0922. The van der Waals surface area contributed by atoms with Gasteiger partial charge in [-0.1, -0.05) is 6.07 Å². The molecule has 1 aromatic rings. The zero-order valence-corrected chi connectivity index (χ0v) is 14.5. The predicted molar refractivity (Wildman–Crippen MR) is 86.0 cm³/mol. The Balaban J connectivity index is 2.17. The third-order valence-electron chi connectivity index (χ3n) is 4.30.